The molecule has 5 amide bonds. The lowest BCUT2D eigenvalue weighted by Crippen LogP contribution is -2.54. The molecule has 1 N–H and O–H groups in total. The molecule has 300 valence electrons. The van der Waals surface area contributed by atoms with Crippen molar-refractivity contribution in [3.8, 4) is 6.07 Å². The van der Waals surface area contributed by atoms with Gasteiger partial charge in [0.15, 0.2) is 0 Å². The zero-order valence-electron chi connectivity index (χ0n) is 33.1. The maximum atomic E-state index is 13.6. The fourth-order valence-corrected chi connectivity index (χ4v) is 10.8. The lowest BCUT2D eigenvalue weighted by atomic mass is 9.73. The van der Waals surface area contributed by atoms with Crippen LogP contribution in [0.3, 0.4) is 0 Å². The Bertz CT molecular complexity index is 2230. The molecule has 4 saturated heterocycles. The van der Waals surface area contributed by atoms with Crippen LogP contribution in [0.5, 0.6) is 0 Å². The zero-order chi connectivity index (χ0) is 40.5. The molecule has 3 aromatic carbocycles. The van der Waals surface area contributed by atoms with Crippen molar-refractivity contribution >= 4 is 52.5 Å². The highest BCUT2D eigenvalue weighted by Crippen LogP contribution is 2.48. The van der Waals surface area contributed by atoms with E-state index in [1.165, 1.54) is 0 Å². The number of carbonyl (C=O) groups is 5. The van der Waals surface area contributed by atoms with Crippen molar-refractivity contribution in [1.82, 2.24) is 20.0 Å². The number of piperidine rings is 3. The molecular formula is C45H48ClN7O5. The molecular weight excluding hydrogens is 754 g/mol. The predicted molar refractivity (Wildman–Crippen MR) is 219 cm³/mol. The van der Waals surface area contributed by atoms with Crippen LogP contribution in [0.25, 0.3) is 0 Å². The van der Waals surface area contributed by atoms with Crippen molar-refractivity contribution < 1.29 is 24.0 Å². The molecule has 6 heterocycles. The lowest BCUT2D eigenvalue weighted by Gasteiger charge is -2.44. The second kappa shape index (κ2) is 14.8. The minimum absolute atomic E-state index is 0.0736. The molecule has 6 aliphatic rings. The topological polar surface area (TPSA) is 137 Å². The van der Waals surface area contributed by atoms with Gasteiger partial charge >= 0.3 is 0 Å². The van der Waals surface area contributed by atoms with E-state index in [0.717, 1.165) is 96.8 Å². The molecule has 0 aromatic heterocycles. The van der Waals surface area contributed by atoms with E-state index in [-0.39, 0.29) is 24.2 Å². The molecule has 58 heavy (non-hydrogen) atoms. The second-order valence-corrected chi connectivity index (χ2v) is 17.6. The van der Waals surface area contributed by atoms with Gasteiger partial charge in [0.2, 0.25) is 11.8 Å². The van der Waals surface area contributed by atoms with Crippen molar-refractivity contribution in [2.45, 2.75) is 84.0 Å². The molecule has 9 rings (SSSR count). The lowest BCUT2D eigenvalue weighted by molar-refractivity contribution is -0.136. The average molecular weight is 802 g/mol. The molecule has 2 unspecified atom stereocenters. The number of hydrogen-bond acceptors (Lipinski definition) is 9. The summed E-state index contributed by atoms with van der Waals surface area (Å²) in [5, 5.41) is 12.2. The SMILES string of the molecule is Cc1c(N2CCC3(CCN(c4ccc(C(=O)N5CCC(CN6Cc7cc8c(cc7C6)C(=O)N(C6CCC(=O)NC6=O)C8=O)CC5)cc4)CC3)C2C)ccc(C#N)c1Cl. The Kier molecular flexibility index (Phi) is 9.80. The number of rotatable bonds is 6. The number of halogens is 1. The molecule has 12 nitrogen and oxygen atoms in total. The van der Waals surface area contributed by atoms with Crippen molar-refractivity contribution in [2.75, 3.05) is 49.1 Å². The number of imide groups is 2. The Hall–Kier alpha value is -5.25. The van der Waals surface area contributed by atoms with E-state index in [0.29, 0.717) is 59.9 Å². The summed E-state index contributed by atoms with van der Waals surface area (Å²) >= 11 is 6.54. The van der Waals surface area contributed by atoms with E-state index in [1.54, 1.807) is 0 Å². The minimum Gasteiger partial charge on any atom is -0.371 e. The molecule has 1 spiro atoms. The van der Waals surface area contributed by atoms with Gasteiger partial charge in [0, 0.05) is 81.8 Å². The highest BCUT2D eigenvalue weighted by molar-refractivity contribution is 6.33. The Morgan fingerprint density at radius 3 is 2.14 bits per heavy atom. The Labute approximate surface area is 343 Å². The van der Waals surface area contributed by atoms with Gasteiger partial charge in [-0.3, -0.25) is 39.1 Å². The zero-order valence-corrected chi connectivity index (χ0v) is 33.8. The molecule has 2 atom stereocenters. The molecule has 0 aliphatic carbocycles. The van der Waals surface area contributed by atoms with Crippen LogP contribution in [0, 0.1) is 29.6 Å². The molecule has 13 heteroatoms. The van der Waals surface area contributed by atoms with E-state index in [9.17, 15) is 29.2 Å². The predicted octanol–water partition coefficient (Wildman–Crippen LogP) is 5.67. The van der Waals surface area contributed by atoms with Gasteiger partial charge < -0.3 is 14.7 Å². The first kappa shape index (κ1) is 38.3. The molecule has 4 fully saturated rings. The monoisotopic (exact) mass is 801 g/mol. The second-order valence-electron chi connectivity index (χ2n) is 17.2. The third-order valence-electron chi connectivity index (χ3n) is 14.2. The standard InChI is InChI=1S/C45H48ClN7O5/c1-27-37(8-5-31(23-47)40(27)46)52-20-15-45(28(52)2)13-18-50(19-14-45)34-6-3-30(4-7-34)42(56)51-16-11-29(12-17-51)24-49-25-32-21-35-36(22-33(32)26-49)44(58)53(43(35)57)38-9-10-39(54)48-41(38)55/h3-8,21-22,28-29,38H,9-20,24-26H2,1-2H3,(H,48,54,55). The molecule has 3 aromatic rings. The summed E-state index contributed by atoms with van der Waals surface area (Å²) in [5.41, 5.74) is 7.42. The third-order valence-corrected chi connectivity index (χ3v) is 14.7. The van der Waals surface area contributed by atoms with Gasteiger partial charge in [0.1, 0.15) is 12.1 Å². The number of anilines is 2. The Morgan fingerprint density at radius 1 is 0.879 bits per heavy atom. The van der Waals surface area contributed by atoms with Crippen LogP contribution in [0.1, 0.15) is 105 Å². The number of fused-ring (bicyclic) bond motifs is 2. The summed E-state index contributed by atoms with van der Waals surface area (Å²) < 4.78 is 0. The average Bonchev–Trinajstić information content (AvgIpc) is 3.85. The van der Waals surface area contributed by atoms with E-state index in [4.69, 9.17) is 11.6 Å². The number of nitrogens with one attached hydrogen (secondary N) is 1. The Balaban J connectivity index is 0.750. The first-order chi connectivity index (χ1) is 27.9. The quantitative estimate of drug-likeness (QED) is 0.313. The number of amides is 5. The maximum absolute atomic E-state index is 13.6. The van der Waals surface area contributed by atoms with E-state index in [1.807, 2.05) is 48.2 Å². The van der Waals surface area contributed by atoms with Crippen molar-refractivity contribution in [2.24, 2.45) is 11.3 Å². The summed E-state index contributed by atoms with van der Waals surface area (Å²) in [6.45, 7) is 10.9. The fraction of sp³-hybridized carbons (Fsp3) is 0.467. The summed E-state index contributed by atoms with van der Waals surface area (Å²) in [6, 6.07) is 17.2. The molecule has 6 aliphatic heterocycles. The number of benzene rings is 3. The van der Waals surface area contributed by atoms with Gasteiger partial charge in [-0.15, -0.1) is 0 Å². The normalized spacial score (nSPS) is 23.4. The maximum Gasteiger partial charge on any atom is 0.262 e. The van der Waals surface area contributed by atoms with Crippen LogP contribution in [0.4, 0.5) is 11.4 Å². The molecule has 0 radical (unpaired) electrons. The highest BCUT2D eigenvalue weighted by Gasteiger charge is 2.48. The molecule has 0 bridgehead atoms. The highest BCUT2D eigenvalue weighted by atomic mass is 35.5. The summed E-state index contributed by atoms with van der Waals surface area (Å²) in [5.74, 6) is -1.44. The summed E-state index contributed by atoms with van der Waals surface area (Å²) in [4.78, 5) is 74.6. The van der Waals surface area contributed by atoms with E-state index < -0.39 is 29.7 Å². The number of hydrogen-bond donors (Lipinski definition) is 1. The minimum atomic E-state index is -0.968. The first-order valence-corrected chi connectivity index (χ1v) is 21.0. The van der Waals surface area contributed by atoms with Crippen LogP contribution in [0.2, 0.25) is 5.02 Å². The summed E-state index contributed by atoms with van der Waals surface area (Å²) in [7, 11) is 0. The largest absolute Gasteiger partial charge is 0.371 e. The fourth-order valence-electron chi connectivity index (χ4n) is 10.6. The smallest absolute Gasteiger partial charge is 0.262 e. The Morgan fingerprint density at radius 2 is 1.52 bits per heavy atom. The van der Waals surface area contributed by atoms with Gasteiger partial charge in [0.05, 0.1) is 21.7 Å². The first-order valence-electron chi connectivity index (χ1n) is 20.6. The van der Waals surface area contributed by atoms with Crippen LogP contribution in [-0.4, -0.2) is 95.6 Å². The van der Waals surface area contributed by atoms with Crippen molar-refractivity contribution in [3.05, 3.63) is 92.5 Å². The van der Waals surface area contributed by atoms with Crippen molar-refractivity contribution in [1.29, 1.82) is 5.26 Å². The number of likely N-dealkylation sites (tertiary alicyclic amines) is 1. The third kappa shape index (κ3) is 6.52. The number of nitrogens with zero attached hydrogens (tertiary/aromatic N) is 6. The number of carbonyl (C=O) groups excluding carboxylic acids is 5. The van der Waals surface area contributed by atoms with Crippen molar-refractivity contribution in [3.63, 3.8) is 0 Å². The van der Waals surface area contributed by atoms with Gasteiger partial charge in [-0.25, -0.2) is 0 Å². The van der Waals surface area contributed by atoms with Gasteiger partial charge in [-0.2, -0.15) is 5.26 Å². The van der Waals surface area contributed by atoms with Crippen LogP contribution >= 0.6 is 11.6 Å². The van der Waals surface area contributed by atoms with E-state index >= 15 is 0 Å². The van der Waals surface area contributed by atoms with Gasteiger partial charge in [0.25, 0.3) is 17.7 Å². The summed E-state index contributed by atoms with van der Waals surface area (Å²) in [6.07, 6.45) is 5.38. The number of nitriles is 1. The van der Waals surface area contributed by atoms with Crippen LogP contribution in [-0.2, 0) is 22.7 Å². The van der Waals surface area contributed by atoms with Gasteiger partial charge in [-0.1, -0.05) is 11.6 Å². The van der Waals surface area contributed by atoms with E-state index in [2.05, 4.69) is 45.1 Å². The van der Waals surface area contributed by atoms with Crippen LogP contribution < -0.4 is 15.1 Å². The molecule has 0 saturated carbocycles. The van der Waals surface area contributed by atoms with Crippen LogP contribution in [0.15, 0.2) is 48.5 Å². The van der Waals surface area contributed by atoms with Gasteiger partial charge in [-0.05, 0) is 129 Å².